The van der Waals surface area contributed by atoms with Gasteiger partial charge in [0.05, 0.1) is 7.11 Å². The lowest BCUT2D eigenvalue weighted by Crippen LogP contribution is -2.13. The molecule has 25 heavy (non-hydrogen) atoms. The number of aliphatic carboxylic acids is 1. The van der Waals surface area contributed by atoms with Crippen molar-refractivity contribution in [2.75, 3.05) is 7.11 Å². The van der Waals surface area contributed by atoms with Crippen molar-refractivity contribution in [3.63, 3.8) is 0 Å². The van der Waals surface area contributed by atoms with Crippen molar-refractivity contribution in [3.05, 3.63) is 64.3 Å². The van der Waals surface area contributed by atoms with Crippen LogP contribution in [0.3, 0.4) is 0 Å². The molecule has 1 N–H and O–H groups in total. The van der Waals surface area contributed by atoms with Crippen LogP contribution in [0, 0.1) is 0 Å². The number of rotatable bonds is 5. The lowest BCUT2D eigenvalue weighted by atomic mass is 9.91. The molecule has 5 heteroatoms. The van der Waals surface area contributed by atoms with E-state index in [1.165, 1.54) is 0 Å². The fraction of sp³-hybridized carbons (Fsp3) is 0.250. The first-order valence-corrected chi connectivity index (χ1v) is 8.88. The minimum atomic E-state index is -0.865. The molecule has 1 aromatic heterocycles. The molecule has 0 aliphatic heterocycles. The van der Waals surface area contributed by atoms with Crippen molar-refractivity contribution < 1.29 is 14.6 Å². The molecular formula is C20H20BrNO3. The summed E-state index contributed by atoms with van der Waals surface area (Å²) in [4.78, 5) is 12.1. The molecule has 0 spiro atoms. The predicted octanol–water partition coefficient (Wildman–Crippen LogP) is 5.21. The molecule has 0 saturated heterocycles. The van der Waals surface area contributed by atoms with E-state index in [1.54, 1.807) is 19.2 Å². The number of benzene rings is 2. The van der Waals surface area contributed by atoms with Gasteiger partial charge in [-0.05, 0) is 49.2 Å². The molecule has 1 heterocycles. The SMILES string of the molecule is COc1ccc(C(C(=O)O)c2cn(C(C)C)c3cc(Br)ccc23)cc1. The van der Waals surface area contributed by atoms with Gasteiger partial charge in [0.2, 0.25) is 0 Å². The van der Waals surface area contributed by atoms with Crippen molar-refractivity contribution in [2.24, 2.45) is 0 Å². The molecule has 3 aromatic rings. The van der Waals surface area contributed by atoms with Crippen molar-refractivity contribution >= 4 is 32.8 Å². The van der Waals surface area contributed by atoms with Crippen molar-refractivity contribution in [1.82, 2.24) is 4.57 Å². The van der Waals surface area contributed by atoms with Crippen molar-refractivity contribution in [3.8, 4) is 5.75 Å². The van der Waals surface area contributed by atoms with Gasteiger partial charge in [-0.25, -0.2) is 0 Å². The van der Waals surface area contributed by atoms with Gasteiger partial charge in [0, 0.05) is 27.6 Å². The summed E-state index contributed by atoms with van der Waals surface area (Å²) in [7, 11) is 1.60. The average molecular weight is 402 g/mol. The zero-order chi connectivity index (χ0) is 18.1. The molecule has 0 saturated carbocycles. The highest BCUT2D eigenvalue weighted by molar-refractivity contribution is 9.10. The highest BCUT2D eigenvalue weighted by Crippen LogP contribution is 2.35. The summed E-state index contributed by atoms with van der Waals surface area (Å²) in [5, 5.41) is 10.9. The number of methoxy groups -OCH3 is 1. The number of hydrogen-bond donors (Lipinski definition) is 1. The van der Waals surface area contributed by atoms with Crippen LogP contribution in [0.1, 0.15) is 36.9 Å². The Kier molecular flexibility index (Phi) is 4.86. The zero-order valence-electron chi connectivity index (χ0n) is 14.4. The van der Waals surface area contributed by atoms with Gasteiger partial charge in [0.15, 0.2) is 0 Å². The second-order valence-corrected chi connectivity index (χ2v) is 7.21. The van der Waals surface area contributed by atoms with Crippen molar-refractivity contribution in [1.29, 1.82) is 0 Å². The summed E-state index contributed by atoms with van der Waals surface area (Å²) >= 11 is 3.51. The van der Waals surface area contributed by atoms with Gasteiger partial charge in [-0.2, -0.15) is 0 Å². The van der Waals surface area contributed by atoms with E-state index in [4.69, 9.17) is 4.74 Å². The summed E-state index contributed by atoms with van der Waals surface area (Å²) < 4.78 is 8.27. The van der Waals surface area contributed by atoms with E-state index in [1.807, 2.05) is 36.5 Å². The lowest BCUT2D eigenvalue weighted by Gasteiger charge is -2.13. The second kappa shape index (κ2) is 6.92. The number of carboxylic acid groups (broad SMARTS) is 1. The highest BCUT2D eigenvalue weighted by atomic mass is 79.9. The van der Waals surface area contributed by atoms with Crippen molar-refractivity contribution in [2.45, 2.75) is 25.8 Å². The van der Waals surface area contributed by atoms with Gasteiger partial charge in [-0.3, -0.25) is 4.79 Å². The van der Waals surface area contributed by atoms with E-state index in [2.05, 4.69) is 34.3 Å². The molecule has 0 aliphatic rings. The molecule has 1 atom stereocenters. The van der Waals surface area contributed by atoms with Crippen LogP contribution in [0.25, 0.3) is 10.9 Å². The molecule has 1 unspecified atom stereocenters. The fourth-order valence-electron chi connectivity index (χ4n) is 3.16. The first kappa shape index (κ1) is 17.5. The van der Waals surface area contributed by atoms with Gasteiger partial charge >= 0.3 is 5.97 Å². The third-order valence-electron chi connectivity index (χ3n) is 4.39. The van der Waals surface area contributed by atoms with E-state index >= 15 is 0 Å². The molecule has 3 rings (SSSR count). The molecular weight excluding hydrogens is 382 g/mol. The van der Waals surface area contributed by atoms with Gasteiger partial charge in [-0.15, -0.1) is 0 Å². The quantitative estimate of drug-likeness (QED) is 0.638. The number of ether oxygens (including phenoxy) is 1. The van der Waals surface area contributed by atoms with Gasteiger partial charge in [0.25, 0.3) is 0 Å². The van der Waals surface area contributed by atoms with Crippen LogP contribution in [-0.4, -0.2) is 22.8 Å². The van der Waals surface area contributed by atoms with E-state index in [0.29, 0.717) is 5.75 Å². The Morgan fingerprint density at radius 1 is 1.16 bits per heavy atom. The van der Waals surface area contributed by atoms with E-state index in [-0.39, 0.29) is 6.04 Å². The van der Waals surface area contributed by atoms with Crippen LogP contribution >= 0.6 is 15.9 Å². The smallest absolute Gasteiger partial charge is 0.315 e. The Balaban J connectivity index is 2.21. The monoisotopic (exact) mass is 401 g/mol. The Hall–Kier alpha value is -2.27. The maximum atomic E-state index is 12.1. The summed E-state index contributed by atoms with van der Waals surface area (Å²) in [6, 6.07) is 13.4. The number of fused-ring (bicyclic) bond motifs is 1. The fourth-order valence-corrected chi connectivity index (χ4v) is 3.51. The summed E-state index contributed by atoms with van der Waals surface area (Å²) in [6.07, 6.45) is 1.96. The zero-order valence-corrected chi connectivity index (χ0v) is 15.9. The molecule has 4 nitrogen and oxygen atoms in total. The van der Waals surface area contributed by atoms with Crippen LogP contribution in [-0.2, 0) is 4.79 Å². The molecule has 0 amide bonds. The van der Waals surface area contributed by atoms with Gasteiger partial charge < -0.3 is 14.4 Å². The first-order chi connectivity index (χ1) is 11.9. The molecule has 0 radical (unpaired) electrons. The maximum absolute atomic E-state index is 12.1. The first-order valence-electron chi connectivity index (χ1n) is 8.09. The van der Waals surface area contributed by atoms with Crippen LogP contribution < -0.4 is 4.74 Å². The number of carboxylic acids is 1. The number of carbonyl (C=O) groups is 1. The Bertz CT molecular complexity index is 913. The van der Waals surface area contributed by atoms with Crippen LogP contribution in [0.5, 0.6) is 5.75 Å². The molecule has 0 bridgehead atoms. The highest BCUT2D eigenvalue weighted by Gasteiger charge is 2.26. The average Bonchev–Trinajstić information content (AvgIpc) is 2.94. The summed E-state index contributed by atoms with van der Waals surface area (Å²) in [6.45, 7) is 4.18. The number of halogens is 1. The summed E-state index contributed by atoms with van der Waals surface area (Å²) in [5.74, 6) is -0.882. The predicted molar refractivity (Wildman–Crippen MR) is 102 cm³/mol. The number of hydrogen-bond acceptors (Lipinski definition) is 2. The number of aromatic nitrogens is 1. The molecule has 0 aliphatic carbocycles. The maximum Gasteiger partial charge on any atom is 0.315 e. The minimum Gasteiger partial charge on any atom is -0.497 e. The molecule has 2 aromatic carbocycles. The Morgan fingerprint density at radius 2 is 1.84 bits per heavy atom. The molecule has 0 fully saturated rings. The lowest BCUT2D eigenvalue weighted by molar-refractivity contribution is -0.137. The topological polar surface area (TPSA) is 51.5 Å². The Labute approximate surface area is 155 Å². The van der Waals surface area contributed by atoms with Crippen LogP contribution in [0.2, 0.25) is 0 Å². The number of nitrogens with zero attached hydrogens (tertiary/aromatic N) is 1. The van der Waals surface area contributed by atoms with E-state index in [9.17, 15) is 9.90 Å². The third kappa shape index (κ3) is 3.29. The van der Waals surface area contributed by atoms with Crippen LogP contribution in [0.4, 0.5) is 0 Å². The molecule has 130 valence electrons. The second-order valence-electron chi connectivity index (χ2n) is 6.29. The normalized spacial score (nSPS) is 12.5. The van der Waals surface area contributed by atoms with Crippen LogP contribution in [0.15, 0.2) is 53.1 Å². The van der Waals surface area contributed by atoms with E-state index in [0.717, 1.165) is 26.5 Å². The Morgan fingerprint density at radius 3 is 2.40 bits per heavy atom. The largest absolute Gasteiger partial charge is 0.497 e. The minimum absolute atomic E-state index is 0.232. The van der Waals surface area contributed by atoms with Gasteiger partial charge in [0.1, 0.15) is 11.7 Å². The van der Waals surface area contributed by atoms with Gasteiger partial charge in [-0.1, -0.05) is 34.1 Å². The third-order valence-corrected chi connectivity index (χ3v) is 4.88. The van der Waals surface area contributed by atoms with E-state index < -0.39 is 11.9 Å². The summed E-state index contributed by atoms with van der Waals surface area (Å²) in [5.41, 5.74) is 2.56. The standard InChI is InChI=1S/C20H20BrNO3/c1-12(2)22-11-17(16-9-6-14(21)10-18(16)22)19(20(23)24)13-4-7-15(25-3)8-5-13/h4-12,19H,1-3H3,(H,23,24).